The molecular formula is C13H23NO3. The average molecular weight is 241 g/mol. The molecule has 0 fully saturated rings. The molecule has 1 aromatic heterocycles. The lowest BCUT2D eigenvalue weighted by molar-refractivity contribution is 0.0276. The molecule has 98 valence electrons. The Morgan fingerprint density at radius 3 is 2.53 bits per heavy atom. The molecule has 0 saturated heterocycles. The standard InChI is InChI=1S/C13H23NO3/c1-9-6-13(11(3)17-9)10(2)14-7-12(16-5)8-15-4/h6,10,12,14H,7-8H2,1-5H3. The normalized spacial score (nSPS) is 14.9. The first kappa shape index (κ1) is 14.2. The Morgan fingerprint density at radius 2 is 2.06 bits per heavy atom. The second-order valence-corrected chi connectivity index (χ2v) is 4.31. The Morgan fingerprint density at radius 1 is 1.35 bits per heavy atom. The zero-order valence-electron chi connectivity index (χ0n) is 11.4. The topological polar surface area (TPSA) is 43.6 Å². The molecule has 0 bridgehead atoms. The molecule has 0 aliphatic heterocycles. The molecule has 0 aliphatic carbocycles. The van der Waals surface area contributed by atoms with Crippen LogP contribution in [0.4, 0.5) is 0 Å². The molecule has 0 aromatic carbocycles. The molecule has 2 atom stereocenters. The van der Waals surface area contributed by atoms with Gasteiger partial charge in [-0.1, -0.05) is 0 Å². The van der Waals surface area contributed by atoms with Crippen molar-refractivity contribution in [1.82, 2.24) is 5.32 Å². The first-order valence-corrected chi connectivity index (χ1v) is 5.90. The van der Waals surface area contributed by atoms with Gasteiger partial charge in [-0.2, -0.15) is 0 Å². The number of furan rings is 1. The second-order valence-electron chi connectivity index (χ2n) is 4.31. The van der Waals surface area contributed by atoms with Crippen LogP contribution < -0.4 is 5.32 Å². The molecular weight excluding hydrogens is 218 g/mol. The number of hydrogen-bond donors (Lipinski definition) is 1. The molecule has 0 radical (unpaired) electrons. The van der Waals surface area contributed by atoms with Crippen molar-refractivity contribution in [3.63, 3.8) is 0 Å². The lowest BCUT2D eigenvalue weighted by atomic mass is 10.1. The van der Waals surface area contributed by atoms with Crippen molar-refractivity contribution in [3.05, 3.63) is 23.2 Å². The predicted octanol–water partition coefficient (Wildman–Crippen LogP) is 2.21. The quantitative estimate of drug-likeness (QED) is 0.795. The van der Waals surface area contributed by atoms with Crippen LogP contribution in [0.5, 0.6) is 0 Å². The van der Waals surface area contributed by atoms with E-state index in [2.05, 4.69) is 18.3 Å². The highest BCUT2D eigenvalue weighted by Gasteiger charge is 2.14. The summed E-state index contributed by atoms with van der Waals surface area (Å²) in [5.74, 6) is 1.93. The predicted molar refractivity (Wildman–Crippen MR) is 67.3 cm³/mol. The van der Waals surface area contributed by atoms with Gasteiger partial charge in [0, 0.05) is 32.4 Å². The van der Waals surface area contributed by atoms with E-state index in [0.29, 0.717) is 6.61 Å². The number of aryl methyl sites for hydroxylation is 2. The molecule has 17 heavy (non-hydrogen) atoms. The number of rotatable bonds is 7. The largest absolute Gasteiger partial charge is 0.466 e. The van der Waals surface area contributed by atoms with E-state index in [4.69, 9.17) is 13.9 Å². The fraction of sp³-hybridized carbons (Fsp3) is 0.692. The van der Waals surface area contributed by atoms with Crippen LogP contribution in [0.1, 0.15) is 30.0 Å². The van der Waals surface area contributed by atoms with Gasteiger partial charge in [0.2, 0.25) is 0 Å². The molecule has 4 nitrogen and oxygen atoms in total. The highest BCUT2D eigenvalue weighted by molar-refractivity contribution is 5.23. The van der Waals surface area contributed by atoms with Gasteiger partial charge >= 0.3 is 0 Å². The van der Waals surface area contributed by atoms with Crippen LogP contribution in [0, 0.1) is 13.8 Å². The van der Waals surface area contributed by atoms with Crippen LogP contribution in [-0.4, -0.2) is 33.5 Å². The highest BCUT2D eigenvalue weighted by Crippen LogP contribution is 2.20. The van der Waals surface area contributed by atoms with Gasteiger partial charge in [0.1, 0.15) is 11.5 Å². The van der Waals surface area contributed by atoms with Crippen LogP contribution in [0.2, 0.25) is 0 Å². The maximum atomic E-state index is 5.52. The zero-order chi connectivity index (χ0) is 12.8. The lowest BCUT2D eigenvalue weighted by Gasteiger charge is -2.19. The van der Waals surface area contributed by atoms with Crippen LogP contribution in [-0.2, 0) is 9.47 Å². The summed E-state index contributed by atoms with van der Waals surface area (Å²) >= 11 is 0. The number of ether oxygens (including phenoxy) is 2. The fourth-order valence-corrected chi connectivity index (χ4v) is 1.89. The van der Waals surface area contributed by atoms with E-state index in [-0.39, 0.29) is 12.1 Å². The molecule has 1 N–H and O–H groups in total. The second kappa shape index (κ2) is 6.79. The summed E-state index contributed by atoms with van der Waals surface area (Å²) in [4.78, 5) is 0. The third-order valence-electron chi connectivity index (χ3n) is 2.88. The summed E-state index contributed by atoms with van der Waals surface area (Å²) in [6, 6.07) is 2.33. The van der Waals surface area contributed by atoms with E-state index < -0.39 is 0 Å². The van der Waals surface area contributed by atoms with Gasteiger partial charge in [-0.05, 0) is 26.8 Å². The average Bonchev–Trinajstić information content (AvgIpc) is 2.63. The molecule has 2 unspecified atom stereocenters. The van der Waals surface area contributed by atoms with E-state index in [0.717, 1.165) is 18.1 Å². The summed E-state index contributed by atoms with van der Waals surface area (Å²) < 4.78 is 15.9. The summed E-state index contributed by atoms with van der Waals surface area (Å²) in [6.07, 6.45) is 0.0794. The number of methoxy groups -OCH3 is 2. The number of nitrogens with one attached hydrogen (secondary N) is 1. The molecule has 0 spiro atoms. The van der Waals surface area contributed by atoms with Gasteiger partial charge < -0.3 is 19.2 Å². The number of hydrogen-bond acceptors (Lipinski definition) is 4. The van der Waals surface area contributed by atoms with E-state index >= 15 is 0 Å². The minimum Gasteiger partial charge on any atom is -0.466 e. The van der Waals surface area contributed by atoms with Crippen molar-refractivity contribution in [2.24, 2.45) is 0 Å². The van der Waals surface area contributed by atoms with Crippen molar-refractivity contribution in [1.29, 1.82) is 0 Å². The third kappa shape index (κ3) is 4.15. The molecule has 0 saturated carbocycles. The van der Waals surface area contributed by atoms with E-state index in [9.17, 15) is 0 Å². The SMILES string of the molecule is COCC(CNC(C)c1cc(C)oc1C)OC. The minimum absolute atomic E-state index is 0.0794. The first-order chi connectivity index (χ1) is 8.08. The Bertz CT molecular complexity index is 335. The van der Waals surface area contributed by atoms with Crippen LogP contribution in [0.25, 0.3) is 0 Å². The summed E-state index contributed by atoms with van der Waals surface area (Å²) in [5, 5.41) is 3.42. The Hall–Kier alpha value is -0.840. The summed E-state index contributed by atoms with van der Waals surface area (Å²) in [7, 11) is 3.38. The zero-order valence-corrected chi connectivity index (χ0v) is 11.4. The summed E-state index contributed by atoms with van der Waals surface area (Å²) in [5.41, 5.74) is 1.20. The summed E-state index contributed by atoms with van der Waals surface area (Å²) in [6.45, 7) is 7.43. The van der Waals surface area contributed by atoms with Gasteiger partial charge in [0.05, 0.1) is 12.7 Å². The van der Waals surface area contributed by atoms with E-state index in [1.807, 2.05) is 13.8 Å². The highest BCUT2D eigenvalue weighted by atomic mass is 16.5. The van der Waals surface area contributed by atoms with Crippen molar-refractivity contribution in [2.75, 3.05) is 27.4 Å². The molecule has 0 amide bonds. The maximum Gasteiger partial charge on any atom is 0.105 e. The van der Waals surface area contributed by atoms with Crippen LogP contribution >= 0.6 is 0 Å². The van der Waals surface area contributed by atoms with E-state index in [1.54, 1.807) is 14.2 Å². The molecule has 0 aliphatic rings. The van der Waals surface area contributed by atoms with Gasteiger partial charge in [0.15, 0.2) is 0 Å². The minimum atomic E-state index is 0.0794. The van der Waals surface area contributed by atoms with Crippen molar-refractivity contribution in [3.8, 4) is 0 Å². The third-order valence-corrected chi connectivity index (χ3v) is 2.88. The van der Waals surface area contributed by atoms with Gasteiger partial charge in [-0.15, -0.1) is 0 Å². The molecule has 1 aromatic rings. The lowest BCUT2D eigenvalue weighted by Crippen LogP contribution is -2.33. The Balaban J connectivity index is 2.49. The van der Waals surface area contributed by atoms with Crippen molar-refractivity contribution in [2.45, 2.75) is 32.9 Å². The van der Waals surface area contributed by atoms with Gasteiger partial charge in [-0.25, -0.2) is 0 Å². The van der Waals surface area contributed by atoms with Crippen molar-refractivity contribution < 1.29 is 13.9 Å². The maximum absolute atomic E-state index is 5.52. The Labute approximate surface area is 103 Å². The van der Waals surface area contributed by atoms with Crippen molar-refractivity contribution >= 4 is 0 Å². The molecule has 4 heteroatoms. The molecule has 1 rings (SSSR count). The fourth-order valence-electron chi connectivity index (χ4n) is 1.89. The van der Waals surface area contributed by atoms with Gasteiger partial charge in [-0.3, -0.25) is 0 Å². The molecule has 1 heterocycles. The van der Waals surface area contributed by atoms with Crippen LogP contribution in [0.15, 0.2) is 10.5 Å². The monoisotopic (exact) mass is 241 g/mol. The smallest absolute Gasteiger partial charge is 0.105 e. The van der Waals surface area contributed by atoms with E-state index in [1.165, 1.54) is 5.56 Å². The Kier molecular flexibility index (Phi) is 5.68. The van der Waals surface area contributed by atoms with Crippen LogP contribution in [0.3, 0.4) is 0 Å². The van der Waals surface area contributed by atoms with Gasteiger partial charge in [0.25, 0.3) is 0 Å². The first-order valence-electron chi connectivity index (χ1n) is 5.90.